The summed E-state index contributed by atoms with van der Waals surface area (Å²) in [6.45, 7) is 3.53. The molecule has 0 aliphatic rings. The molecular formula is C16H18N2O4S. The largest absolute Gasteiger partial charge is 0.504 e. The minimum absolute atomic E-state index is 0.107. The lowest BCUT2D eigenvalue weighted by atomic mass is 10.2. The van der Waals surface area contributed by atoms with Gasteiger partial charge in [-0.1, -0.05) is 18.2 Å². The third kappa shape index (κ3) is 3.81. The van der Waals surface area contributed by atoms with Crippen LogP contribution >= 0.6 is 0 Å². The van der Waals surface area contributed by atoms with Crippen molar-refractivity contribution in [3.05, 3.63) is 53.1 Å². The van der Waals surface area contributed by atoms with Crippen molar-refractivity contribution in [3.8, 4) is 11.5 Å². The van der Waals surface area contributed by atoms with Crippen molar-refractivity contribution in [1.82, 2.24) is 4.83 Å². The molecule has 0 aliphatic carbocycles. The molecule has 23 heavy (non-hydrogen) atoms. The molecule has 0 radical (unpaired) electrons. The van der Waals surface area contributed by atoms with E-state index in [-0.39, 0.29) is 16.4 Å². The van der Waals surface area contributed by atoms with E-state index in [2.05, 4.69) is 9.93 Å². The monoisotopic (exact) mass is 334 g/mol. The van der Waals surface area contributed by atoms with E-state index >= 15 is 0 Å². The van der Waals surface area contributed by atoms with Crippen LogP contribution in [0.2, 0.25) is 0 Å². The minimum atomic E-state index is -3.77. The average Bonchev–Trinajstić information content (AvgIpc) is 2.51. The van der Waals surface area contributed by atoms with Crippen LogP contribution in [0.25, 0.3) is 0 Å². The number of phenols is 1. The number of hydrazone groups is 1. The van der Waals surface area contributed by atoms with Crippen molar-refractivity contribution in [1.29, 1.82) is 0 Å². The average molecular weight is 334 g/mol. The highest BCUT2D eigenvalue weighted by molar-refractivity contribution is 7.89. The van der Waals surface area contributed by atoms with E-state index in [0.717, 1.165) is 5.56 Å². The summed E-state index contributed by atoms with van der Waals surface area (Å²) in [5, 5.41) is 13.6. The van der Waals surface area contributed by atoms with Gasteiger partial charge in [-0.05, 0) is 43.2 Å². The normalized spacial score (nSPS) is 11.6. The van der Waals surface area contributed by atoms with Crippen LogP contribution in [0, 0.1) is 13.8 Å². The molecule has 2 aromatic carbocycles. The summed E-state index contributed by atoms with van der Waals surface area (Å²) in [4.78, 5) is 2.32. The zero-order chi connectivity index (χ0) is 17.0. The summed E-state index contributed by atoms with van der Waals surface area (Å²) in [7, 11) is -2.34. The number of hydrogen-bond acceptors (Lipinski definition) is 5. The SMILES string of the molecule is COc1cccc(C=NNS(=O)(=O)c2cc(C)ccc2C)c1O. The fraction of sp³-hybridized carbons (Fsp3) is 0.188. The van der Waals surface area contributed by atoms with Crippen LogP contribution in [0.15, 0.2) is 46.4 Å². The van der Waals surface area contributed by atoms with Crippen molar-refractivity contribution in [2.45, 2.75) is 18.7 Å². The maximum Gasteiger partial charge on any atom is 0.276 e. The van der Waals surface area contributed by atoms with Gasteiger partial charge in [-0.25, -0.2) is 4.83 Å². The Morgan fingerprint density at radius 1 is 1.22 bits per heavy atom. The molecule has 7 heteroatoms. The summed E-state index contributed by atoms with van der Waals surface area (Å²) >= 11 is 0. The Hall–Kier alpha value is -2.54. The van der Waals surface area contributed by atoms with Gasteiger partial charge in [0.2, 0.25) is 0 Å². The minimum Gasteiger partial charge on any atom is -0.504 e. The first-order valence-electron chi connectivity index (χ1n) is 6.83. The molecule has 0 bridgehead atoms. The quantitative estimate of drug-likeness (QED) is 0.649. The highest BCUT2D eigenvalue weighted by Gasteiger charge is 2.16. The number of benzene rings is 2. The molecule has 0 fully saturated rings. The third-order valence-electron chi connectivity index (χ3n) is 3.26. The molecule has 2 aromatic rings. The predicted molar refractivity (Wildman–Crippen MR) is 88.5 cm³/mol. The van der Waals surface area contributed by atoms with Crippen molar-refractivity contribution < 1.29 is 18.3 Å². The van der Waals surface area contributed by atoms with E-state index in [1.165, 1.54) is 13.3 Å². The molecule has 2 rings (SSSR count). The Kier molecular flexibility index (Phi) is 4.90. The molecule has 0 amide bonds. The Balaban J connectivity index is 2.24. The molecule has 0 saturated heterocycles. The van der Waals surface area contributed by atoms with Crippen LogP contribution in [-0.4, -0.2) is 26.8 Å². The van der Waals surface area contributed by atoms with Gasteiger partial charge < -0.3 is 9.84 Å². The molecule has 0 aromatic heterocycles. The molecule has 0 heterocycles. The second kappa shape index (κ2) is 6.70. The summed E-state index contributed by atoms with van der Waals surface area (Å²) in [6, 6.07) is 10.0. The highest BCUT2D eigenvalue weighted by atomic mass is 32.2. The van der Waals surface area contributed by atoms with E-state index in [1.807, 2.05) is 13.0 Å². The number of ether oxygens (including phenoxy) is 1. The Morgan fingerprint density at radius 3 is 2.65 bits per heavy atom. The van der Waals surface area contributed by atoms with Gasteiger partial charge in [0.15, 0.2) is 11.5 Å². The van der Waals surface area contributed by atoms with E-state index in [9.17, 15) is 13.5 Å². The molecular weight excluding hydrogens is 316 g/mol. The maximum absolute atomic E-state index is 12.3. The number of hydrogen-bond donors (Lipinski definition) is 2. The lowest BCUT2D eigenvalue weighted by Crippen LogP contribution is -2.19. The second-order valence-electron chi connectivity index (χ2n) is 5.02. The fourth-order valence-corrected chi connectivity index (χ4v) is 3.14. The highest BCUT2D eigenvalue weighted by Crippen LogP contribution is 2.28. The molecule has 122 valence electrons. The number of phenolic OH excluding ortho intramolecular Hbond substituents is 1. The number of methoxy groups -OCH3 is 1. The predicted octanol–water partition coefficient (Wildman–Crippen LogP) is 2.33. The molecule has 0 aliphatic heterocycles. The summed E-state index contributed by atoms with van der Waals surface area (Å²) < 4.78 is 29.6. The number of para-hydroxylation sites is 1. The Labute approximate surface area is 135 Å². The van der Waals surface area contributed by atoms with Crippen LogP contribution in [0.4, 0.5) is 0 Å². The smallest absolute Gasteiger partial charge is 0.276 e. The van der Waals surface area contributed by atoms with Gasteiger partial charge in [-0.3, -0.25) is 0 Å². The summed E-state index contributed by atoms with van der Waals surface area (Å²) in [5.41, 5.74) is 1.81. The summed E-state index contributed by atoms with van der Waals surface area (Å²) in [6.07, 6.45) is 1.22. The molecule has 2 N–H and O–H groups in total. The second-order valence-corrected chi connectivity index (χ2v) is 6.65. The molecule has 0 saturated carbocycles. The Bertz CT molecular complexity index is 845. The van der Waals surface area contributed by atoms with Gasteiger partial charge in [-0.15, -0.1) is 0 Å². The van der Waals surface area contributed by atoms with Gasteiger partial charge in [-0.2, -0.15) is 13.5 Å². The van der Waals surface area contributed by atoms with Gasteiger partial charge >= 0.3 is 0 Å². The van der Waals surface area contributed by atoms with Crippen LogP contribution in [0.1, 0.15) is 16.7 Å². The van der Waals surface area contributed by atoms with Crippen LogP contribution < -0.4 is 9.57 Å². The van der Waals surface area contributed by atoms with Gasteiger partial charge in [0.1, 0.15) is 0 Å². The van der Waals surface area contributed by atoms with Gasteiger partial charge in [0.25, 0.3) is 10.0 Å². The molecule has 0 spiro atoms. The van der Waals surface area contributed by atoms with Crippen molar-refractivity contribution in [2.24, 2.45) is 5.10 Å². The number of aryl methyl sites for hydroxylation is 2. The number of nitrogens with zero attached hydrogens (tertiary/aromatic N) is 1. The fourth-order valence-electron chi connectivity index (χ4n) is 2.02. The lowest BCUT2D eigenvalue weighted by Gasteiger charge is -2.08. The van der Waals surface area contributed by atoms with Crippen LogP contribution in [0.3, 0.4) is 0 Å². The van der Waals surface area contributed by atoms with Gasteiger partial charge in [0.05, 0.1) is 18.2 Å². The number of aromatic hydroxyl groups is 1. The zero-order valence-electron chi connectivity index (χ0n) is 13.1. The zero-order valence-corrected chi connectivity index (χ0v) is 13.9. The van der Waals surface area contributed by atoms with Crippen LogP contribution in [-0.2, 0) is 10.0 Å². The Morgan fingerprint density at radius 2 is 1.96 bits per heavy atom. The molecule has 6 nitrogen and oxygen atoms in total. The number of nitrogens with one attached hydrogen (secondary N) is 1. The molecule has 0 atom stereocenters. The van der Waals surface area contributed by atoms with E-state index in [1.54, 1.807) is 37.3 Å². The third-order valence-corrected chi connectivity index (χ3v) is 4.62. The first-order chi connectivity index (χ1) is 10.8. The number of sulfonamides is 1. The van der Waals surface area contributed by atoms with Crippen molar-refractivity contribution >= 4 is 16.2 Å². The topological polar surface area (TPSA) is 88.0 Å². The first-order valence-corrected chi connectivity index (χ1v) is 8.31. The van der Waals surface area contributed by atoms with E-state index in [0.29, 0.717) is 11.1 Å². The number of rotatable bonds is 5. The standard InChI is InChI=1S/C16H18N2O4S/c1-11-7-8-12(2)15(9-11)23(20,21)18-17-10-13-5-4-6-14(22-3)16(13)19/h4-10,18-19H,1-3H3. The summed E-state index contributed by atoms with van der Waals surface area (Å²) in [5.74, 6) is 0.177. The molecule has 0 unspecified atom stereocenters. The van der Waals surface area contributed by atoms with Crippen molar-refractivity contribution in [3.63, 3.8) is 0 Å². The van der Waals surface area contributed by atoms with Crippen LogP contribution in [0.5, 0.6) is 11.5 Å². The first kappa shape index (κ1) is 16.8. The lowest BCUT2D eigenvalue weighted by molar-refractivity contribution is 0.373. The van der Waals surface area contributed by atoms with Gasteiger partial charge in [0, 0.05) is 5.56 Å². The van der Waals surface area contributed by atoms with Crippen molar-refractivity contribution in [2.75, 3.05) is 7.11 Å². The maximum atomic E-state index is 12.3. The van der Waals surface area contributed by atoms with E-state index in [4.69, 9.17) is 4.74 Å². The van der Waals surface area contributed by atoms with E-state index < -0.39 is 10.0 Å².